The van der Waals surface area contributed by atoms with E-state index in [1.807, 2.05) is 50.6 Å². The number of nitrogens with one attached hydrogen (secondary N) is 1. The maximum absolute atomic E-state index is 11.5. The van der Waals surface area contributed by atoms with Crippen LogP contribution in [0, 0.1) is 0 Å². The minimum atomic E-state index is -0.946. The van der Waals surface area contributed by atoms with Gasteiger partial charge in [0.25, 0.3) is 0 Å². The number of carbonyl (C=O) groups is 1. The second kappa shape index (κ2) is 11.0. The van der Waals surface area contributed by atoms with Crippen molar-refractivity contribution < 1.29 is 14.6 Å². The van der Waals surface area contributed by atoms with Crippen LogP contribution in [0.2, 0.25) is 0 Å². The standard InChI is InChI=1S/C25H28N4O3.2ClH/c1-25(2)14-17-15-26-24(27-18-6-8-19(9-7-18)32-12-11-29(3)4)28-22(17)20-13-16(23(30)31)5-10-21(20)25;;/h5-10,13,15H,11-12,14H2,1-4H3,(H,30,31)(H,26,27,28);2*1H. The van der Waals surface area contributed by atoms with Gasteiger partial charge in [-0.25, -0.2) is 14.8 Å². The molecule has 0 aliphatic heterocycles. The molecular formula is C25H30Cl2N4O3. The molecule has 0 saturated carbocycles. The zero-order valence-electron chi connectivity index (χ0n) is 19.7. The number of aromatic nitrogens is 2. The van der Waals surface area contributed by atoms with E-state index in [9.17, 15) is 9.90 Å². The minimum Gasteiger partial charge on any atom is -0.492 e. The number of hydrogen-bond acceptors (Lipinski definition) is 6. The monoisotopic (exact) mass is 504 g/mol. The average Bonchev–Trinajstić information content (AvgIpc) is 2.74. The van der Waals surface area contributed by atoms with Crippen molar-refractivity contribution in [1.29, 1.82) is 0 Å². The van der Waals surface area contributed by atoms with Crippen LogP contribution < -0.4 is 10.1 Å². The highest BCUT2D eigenvalue weighted by atomic mass is 35.5. The van der Waals surface area contributed by atoms with Gasteiger partial charge >= 0.3 is 5.97 Å². The highest BCUT2D eigenvalue weighted by Crippen LogP contribution is 2.42. The van der Waals surface area contributed by atoms with Crippen molar-refractivity contribution in [2.24, 2.45) is 0 Å². The molecule has 0 amide bonds. The van der Waals surface area contributed by atoms with E-state index in [4.69, 9.17) is 9.72 Å². The molecule has 0 fully saturated rings. The third kappa shape index (κ3) is 5.97. The first kappa shape index (κ1) is 27.4. The normalized spacial score (nSPS) is 13.1. The second-order valence-electron chi connectivity index (χ2n) is 8.99. The average molecular weight is 505 g/mol. The summed E-state index contributed by atoms with van der Waals surface area (Å²) in [6, 6.07) is 13.0. The highest BCUT2D eigenvalue weighted by Gasteiger charge is 2.32. The second-order valence-corrected chi connectivity index (χ2v) is 8.99. The molecule has 0 bridgehead atoms. The molecule has 2 N–H and O–H groups in total. The zero-order valence-corrected chi connectivity index (χ0v) is 21.3. The molecule has 1 aromatic heterocycles. The van der Waals surface area contributed by atoms with E-state index < -0.39 is 5.97 Å². The number of nitrogens with zero attached hydrogens (tertiary/aromatic N) is 3. The predicted molar refractivity (Wildman–Crippen MR) is 139 cm³/mol. The Kier molecular flexibility index (Phi) is 8.89. The number of carboxylic acids is 1. The van der Waals surface area contributed by atoms with Crippen LogP contribution in [0.4, 0.5) is 11.6 Å². The number of rotatable bonds is 7. The lowest BCUT2D eigenvalue weighted by Gasteiger charge is -2.33. The van der Waals surface area contributed by atoms with Crippen LogP contribution in [-0.4, -0.2) is 53.2 Å². The molecule has 0 atom stereocenters. The van der Waals surface area contributed by atoms with Crippen LogP contribution in [0.1, 0.15) is 35.3 Å². The number of ether oxygens (including phenoxy) is 1. The van der Waals surface area contributed by atoms with E-state index in [0.29, 0.717) is 12.6 Å². The molecule has 182 valence electrons. The zero-order chi connectivity index (χ0) is 22.9. The van der Waals surface area contributed by atoms with Crippen molar-refractivity contribution >= 4 is 42.4 Å². The first-order chi connectivity index (χ1) is 15.2. The molecule has 9 heteroatoms. The number of aromatic carboxylic acids is 1. The van der Waals surface area contributed by atoms with Gasteiger partial charge in [0.2, 0.25) is 5.95 Å². The van der Waals surface area contributed by atoms with E-state index in [-0.39, 0.29) is 35.8 Å². The topological polar surface area (TPSA) is 87.6 Å². The Morgan fingerprint density at radius 2 is 1.85 bits per heavy atom. The summed E-state index contributed by atoms with van der Waals surface area (Å²) in [4.78, 5) is 22.9. The molecule has 7 nitrogen and oxygen atoms in total. The maximum Gasteiger partial charge on any atom is 0.335 e. The number of benzene rings is 2. The predicted octanol–water partition coefficient (Wildman–Crippen LogP) is 5.20. The van der Waals surface area contributed by atoms with Crippen molar-refractivity contribution in [3.63, 3.8) is 0 Å². The maximum atomic E-state index is 11.5. The van der Waals surface area contributed by atoms with Gasteiger partial charge in [0.1, 0.15) is 12.4 Å². The Balaban J connectivity index is 0.00000204. The van der Waals surface area contributed by atoms with Gasteiger partial charge in [-0.15, -0.1) is 24.8 Å². The third-order valence-corrected chi connectivity index (χ3v) is 5.67. The van der Waals surface area contributed by atoms with Gasteiger partial charge in [-0.3, -0.25) is 0 Å². The van der Waals surface area contributed by atoms with Crippen molar-refractivity contribution in [3.05, 3.63) is 65.4 Å². The van der Waals surface area contributed by atoms with Crippen molar-refractivity contribution in [3.8, 4) is 17.0 Å². The first-order valence-corrected chi connectivity index (χ1v) is 10.6. The Morgan fingerprint density at radius 1 is 1.15 bits per heavy atom. The van der Waals surface area contributed by atoms with Crippen LogP contribution in [0.25, 0.3) is 11.3 Å². The first-order valence-electron chi connectivity index (χ1n) is 10.6. The van der Waals surface area contributed by atoms with E-state index >= 15 is 0 Å². The van der Waals surface area contributed by atoms with E-state index in [2.05, 4.69) is 29.0 Å². The summed E-state index contributed by atoms with van der Waals surface area (Å²) in [5, 5.41) is 12.7. The number of anilines is 2. The van der Waals surface area contributed by atoms with E-state index in [0.717, 1.165) is 46.8 Å². The van der Waals surface area contributed by atoms with Crippen molar-refractivity contribution in [1.82, 2.24) is 14.9 Å². The number of carboxylic acid groups (broad SMARTS) is 1. The van der Waals surface area contributed by atoms with Gasteiger partial charge in [-0.05, 0) is 73.5 Å². The lowest BCUT2D eigenvalue weighted by Crippen LogP contribution is -2.26. The van der Waals surface area contributed by atoms with E-state index in [1.165, 1.54) is 0 Å². The number of hydrogen-bond donors (Lipinski definition) is 2. The molecular weight excluding hydrogens is 475 g/mol. The van der Waals surface area contributed by atoms with Crippen molar-refractivity contribution in [2.45, 2.75) is 25.7 Å². The number of halogens is 2. The van der Waals surface area contributed by atoms with Gasteiger partial charge in [0.05, 0.1) is 11.3 Å². The molecule has 2 aromatic carbocycles. The molecule has 0 saturated heterocycles. The van der Waals surface area contributed by atoms with Crippen LogP contribution in [0.3, 0.4) is 0 Å². The molecule has 3 aromatic rings. The summed E-state index contributed by atoms with van der Waals surface area (Å²) in [7, 11) is 4.02. The fourth-order valence-electron chi connectivity index (χ4n) is 3.97. The molecule has 0 unspecified atom stereocenters. The quantitative estimate of drug-likeness (QED) is 0.456. The molecule has 4 rings (SSSR count). The van der Waals surface area contributed by atoms with Gasteiger partial charge in [0.15, 0.2) is 0 Å². The van der Waals surface area contributed by atoms with Crippen LogP contribution in [0.15, 0.2) is 48.7 Å². The van der Waals surface area contributed by atoms with Gasteiger partial charge in [-0.1, -0.05) is 19.9 Å². The number of fused-ring (bicyclic) bond motifs is 3. The minimum absolute atomic E-state index is 0. The summed E-state index contributed by atoms with van der Waals surface area (Å²) in [6.45, 7) is 5.79. The summed E-state index contributed by atoms with van der Waals surface area (Å²) in [6.07, 6.45) is 2.63. The lowest BCUT2D eigenvalue weighted by molar-refractivity contribution is 0.0697. The molecule has 1 heterocycles. The van der Waals surface area contributed by atoms with Crippen molar-refractivity contribution in [2.75, 3.05) is 32.6 Å². The Hall–Kier alpha value is -2.87. The molecule has 1 aliphatic carbocycles. The van der Waals surface area contributed by atoms with Crippen LogP contribution in [-0.2, 0) is 11.8 Å². The molecule has 0 radical (unpaired) electrons. The van der Waals surface area contributed by atoms with Crippen LogP contribution >= 0.6 is 24.8 Å². The summed E-state index contributed by atoms with van der Waals surface area (Å²) >= 11 is 0. The lowest BCUT2D eigenvalue weighted by atomic mass is 9.71. The summed E-state index contributed by atoms with van der Waals surface area (Å²) < 4.78 is 5.74. The van der Waals surface area contributed by atoms with Gasteiger partial charge in [-0.2, -0.15) is 0 Å². The summed E-state index contributed by atoms with van der Waals surface area (Å²) in [5.41, 5.74) is 4.72. The molecule has 34 heavy (non-hydrogen) atoms. The Labute approximate surface area is 212 Å². The Morgan fingerprint density at radius 3 is 2.50 bits per heavy atom. The van der Waals surface area contributed by atoms with E-state index in [1.54, 1.807) is 12.1 Å². The summed E-state index contributed by atoms with van der Waals surface area (Å²) in [5.74, 6) is 0.329. The smallest absolute Gasteiger partial charge is 0.335 e. The fraction of sp³-hybridized carbons (Fsp3) is 0.320. The number of likely N-dealkylation sites (N-methyl/N-ethyl adjacent to an activating group) is 1. The fourth-order valence-corrected chi connectivity index (χ4v) is 3.97. The van der Waals surface area contributed by atoms with Crippen LogP contribution in [0.5, 0.6) is 5.75 Å². The highest BCUT2D eigenvalue weighted by molar-refractivity contribution is 5.90. The van der Waals surface area contributed by atoms with Gasteiger partial charge in [0, 0.05) is 24.0 Å². The Bertz CT molecular complexity index is 1150. The largest absolute Gasteiger partial charge is 0.492 e. The molecule has 0 spiro atoms. The third-order valence-electron chi connectivity index (χ3n) is 5.67. The molecule has 1 aliphatic rings. The van der Waals surface area contributed by atoms with Gasteiger partial charge < -0.3 is 20.1 Å². The SMILES string of the molecule is CN(C)CCOc1ccc(Nc2ncc3c(n2)-c2cc(C(=O)O)ccc2C(C)(C)C3)cc1.Cl.Cl.